The second kappa shape index (κ2) is 5.08. The average Bonchev–Trinajstić information content (AvgIpc) is 2.67. The molecule has 0 spiro atoms. The maximum absolute atomic E-state index is 4.89. The maximum atomic E-state index is 4.89. The quantitative estimate of drug-likeness (QED) is 0.798. The molecule has 0 amide bonds. The number of hydrogen-bond donors (Lipinski definition) is 0. The lowest BCUT2D eigenvalue weighted by Crippen LogP contribution is -2.25. The highest BCUT2D eigenvalue weighted by molar-refractivity contribution is 5.49. The monoisotopic (exact) mass is 270 g/mol. The van der Waals surface area contributed by atoms with Crippen molar-refractivity contribution in [3.63, 3.8) is 0 Å². The average molecular weight is 270 g/mol. The molecule has 20 heavy (non-hydrogen) atoms. The minimum absolute atomic E-state index is 1.02. The van der Waals surface area contributed by atoms with Gasteiger partial charge in [0.15, 0.2) is 5.65 Å². The predicted octanol–water partition coefficient (Wildman–Crippen LogP) is 2.99. The Kier molecular flexibility index (Phi) is 3.09. The van der Waals surface area contributed by atoms with E-state index >= 15 is 0 Å². The molecular formula is C16H22N4. The van der Waals surface area contributed by atoms with Crippen molar-refractivity contribution in [2.24, 2.45) is 0 Å². The molecular weight excluding hydrogens is 248 g/mol. The Bertz CT molecular complexity index is 608. The van der Waals surface area contributed by atoms with Crippen LogP contribution in [0.5, 0.6) is 0 Å². The van der Waals surface area contributed by atoms with Crippen LogP contribution in [0.4, 0.5) is 5.82 Å². The van der Waals surface area contributed by atoms with Crippen molar-refractivity contribution in [1.29, 1.82) is 0 Å². The number of fused-ring (bicyclic) bond motifs is 3. The molecule has 0 saturated carbocycles. The highest BCUT2D eigenvalue weighted by Gasteiger charge is 2.18. The summed E-state index contributed by atoms with van der Waals surface area (Å²) in [5.41, 5.74) is 3.65. The van der Waals surface area contributed by atoms with E-state index in [0.29, 0.717) is 0 Å². The SMILES string of the molecule is c1cc2nc3c(n2nc1N1CCCCCC1)CCCC3. The molecule has 3 heterocycles. The van der Waals surface area contributed by atoms with Gasteiger partial charge in [-0.1, -0.05) is 12.8 Å². The lowest BCUT2D eigenvalue weighted by Gasteiger charge is -2.21. The zero-order chi connectivity index (χ0) is 13.4. The number of rotatable bonds is 1. The second-order valence-electron chi connectivity index (χ2n) is 6.08. The van der Waals surface area contributed by atoms with E-state index in [1.54, 1.807) is 0 Å². The highest BCUT2D eigenvalue weighted by atomic mass is 15.3. The summed E-state index contributed by atoms with van der Waals surface area (Å²) >= 11 is 0. The van der Waals surface area contributed by atoms with Crippen molar-refractivity contribution in [1.82, 2.24) is 14.6 Å². The maximum Gasteiger partial charge on any atom is 0.154 e. The third kappa shape index (κ3) is 2.07. The fraction of sp³-hybridized carbons (Fsp3) is 0.625. The van der Waals surface area contributed by atoms with Gasteiger partial charge in [0.2, 0.25) is 0 Å². The Morgan fingerprint density at radius 3 is 2.50 bits per heavy atom. The van der Waals surface area contributed by atoms with Crippen molar-refractivity contribution in [3.05, 3.63) is 23.5 Å². The number of anilines is 1. The first-order valence-corrected chi connectivity index (χ1v) is 8.04. The molecule has 4 rings (SSSR count). The van der Waals surface area contributed by atoms with Crippen LogP contribution < -0.4 is 4.90 Å². The first kappa shape index (κ1) is 12.2. The first-order chi connectivity index (χ1) is 9.92. The Morgan fingerprint density at radius 1 is 0.850 bits per heavy atom. The molecule has 1 saturated heterocycles. The molecule has 1 aliphatic carbocycles. The molecule has 0 bridgehead atoms. The zero-order valence-electron chi connectivity index (χ0n) is 12.0. The van der Waals surface area contributed by atoms with Gasteiger partial charge in [0.25, 0.3) is 0 Å². The fourth-order valence-corrected chi connectivity index (χ4v) is 3.52. The van der Waals surface area contributed by atoms with E-state index in [-0.39, 0.29) is 0 Å². The van der Waals surface area contributed by atoms with E-state index in [4.69, 9.17) is 10.1 Å². The van der Waals surface area contributed by atoms with Crippen LogP contribution in [0.3, 0.4) is 0 Å². The van der Waals surface area contributed by atoms with Crippen LogP contribution in [-0.2, 0) is 12.8 Å². The van der Waals surface area contributed by atoms with Crippen molar-refractivity contribution in [2.75, 3.05) is 18.0 Å². The van der Waals surface area contributed by atoms with Gasteiger partial charge in [-0.05, 0) is 50.7 Å². The summed E-state index contributed by atoms with van der Waals surface area (Å²) < 4.78 is 2.11. The molecule has 2 aliphatic rings. The lowest BCUT2D eigenvalue weighted by atomic mass is 10.0. The first-order valence-electron chi connectivity index (χ1n) is 8.04. The van der Waals surface area contributed by atoms with Gasteiger partial charge in [-0.25, -0.2) is 9.50 Å². The van der Waals surface area contributed by atoms with E-state index in [1.165, 1.54) is 49.9 Å². The molecule has 0 unspecified atom stereocenters. The summed E-state index contributed by atoms with van der Waals surface area (Å²) in [6, 6.07) is 4.30. The van der Waals surface area contributed by atoms with Crippen molar-refractivity contribution < 1.29 is 0 Å². The minimum atomic E-state index is 1.02. The summed E-state index contributed by atoms with van der Waals surface area (Å²) in [4.78, 5) is 7.19. The van der Waals surface area contributed by atoms with E-state index in [2.05, 4.69) is 21.5 Å². The second-order valence-corrected chi connectivity index (χ2v) is 6.08. The molecule has 0 N–H and O–H groups in total. The number of nitrogens with zero attached hydrogens (tertiary/aromatic N) is 4. The summed E-state index contributed by atoms with van der Waals surface area (Å²) in [7, 11) is 0. The van der Waals surface area contributed by atoms with Crippen molar-refractivity contribution >= 4 is 11.5 Å². The van der Waals surface area contributed by atoms with E-state index in [1.807, 2.05) is 0 Å². The Labute approximate surface area is 119 Å². The van der Waals surface area contributed by atoms with Crippen LogP contribution in [0, 0.1) is 0 Å². The largest absolute Gasteiger partial charge is 0.355 e. The molecule has 0 radical (unpaired) electrons. The van der Waals surface area contributed by atoms with Gasteiger partial charge >= 0.3 is 0 Å². The third-order valence-electron chi connectivity index (χ3n) is 4.65. The topological polar surface area (TPSA) is 33.4 Å². The lowest BCUT2D eigenvalue weighted by molar-refractivity contribution is 0.646. The molecule has 4 nitrogen and oxygen atoms in total. The Balaban J connectivity index is 1.73. The Morgan fingerprint density at radius 2 is 1.65 bits per heavy atom. The molecule has 1 aliphatic heterocycles. The fourth-order valence-electron chi connectivity index (χ4n) is 3.52. The Hall–Kier alpha value is -1.58. The minimum Gasteiger partial charge on any atom is -0.355 e. The molecule has 1 fully saturated rings. The summed E-state index contributed by atoms with van der Waals surface area (Å²) in [6.07, 6.45) is 10.1. The van der Waals surface area contributed by atoms with Gasteiger partial charge in [0.05, 0.1) is 11.4 Å². The zero-order valence-corrected chi connectivity index (χ0v) is 12.0. The van der Waals surface area contributed by atoms with Crippen LogP contribution >= 0.6 is 0 Å². The van der Waals surface area contributed by atoms with E-state index in [9.17, 15) is 0 Å². The summed E-state index contributed by atoms with van der Waals surface area (Å²) in [6.45, 7) is 2.30. The molecule has 2 aromatic rings. The van der Waals surface area contributed by atoms with Gasteiger partial charge in [-0.15, -0.1) is 5.10 Å². The molecule has 106 valence electrons. The van der Waals surface area contributed by atoms with Gasteiger partial charge in [-0.3, -0.25) is 0 Å². The van der Waals surface area contributed by atoms with Gasteiger partial charge in [0.1, 0.15) is 5.82 Å². The number of aromatic nitrogens is 3. The van der Waals surface area contributed by atoms with Crippen LogP contribution in [0.15, 0.2) is 12.1 Å². The normalized spacial score (nSPS) is 19.9. The van der Waals surface area contributed by atoms with Gasteiger partial charge < -0.3 is 4.90 Å². The molecule has 2 aromatic heterocycles. The third-order valence-corrected chi connectivity index (χ3v) is 4.65. The van der Waals surface area contributed by atoms with Crippen molar-refractivity contribution in [3.8, 4) is 0 Å². The number of aryl methyl sites for hydroxylation is 2. The number of hydrogen-bond acceptors (Lipinski definition) is 3. The highest BCUT2D eigenvalue weighted by Crippen LogP contribution is 2.24. The number of imidazole rings is 1. The molecule has 0 aromatic carbocycles. The van der Waals surface area contributed by atoms with Crippen LogP contribution in [-0.4, -0.2) is 27.7 Å². The summed E-state index contributed by atoms with van der Waals surface area (Å²) in [5.74, 6) is 1.13. The van der Waals surface area contributed by atoms with E-state index < -0.39 is 0 Å². The van der Waals surface area contributed by atoms with Crippen LogP contribution in [0.1, 0.15) is 49.9 Å². The molecule has 0 atom stereocenters. The van der Waals surface area contributed by atoms with E-state index in [0.717, 1.165) is 37.4 Å². The van der Waals surface area contributed by atoms with Gasteiger partial charge in [-0.2, -0.15) is 0 Å². The molecule has 4 heteroatoms. The summed E-state index contributed by atoms with van der Waals surface area (Å²) in [5, 5.41) is 4.89. The standard InChI is InChI=1S/C16H22N4/c1-2-6-12-19(11-5-1)16-10-9-15-17-13-7-3-4-8-14(13)20(15)18-16/h9-10H,1-8,11-12H2. The van der Waals surface area contributed by atoms with Gasteiger partial charge in [0, 0.05) is 13.1 Å². The smallest absolute Gasteiger partial charge is 0.154 e. The van der Waals surface area contributed by atoms with Crippen LogP contribution in [0.25, 0.3) is 5.65 Å². The predicted molar refractivity (Wildman–Crippen MR) is 80.3 cm³/mol. The van der Waals surface area contributed by atoms with Crippen LogP contribution in [0.2, 0.25) is 0 Å². The van der Waals surface area contributed by atoms with Crippen molar-refractivity contribution in [2.45, 2.75) is 51.4 Å².